The van der Waals surface area contributed by atoms with Crippen LogP contribution in [-0.2, 0) is 4.79 Å². The molecule has 0 aliphatic carbocycles. The molecule has 0 saturated heterocycles. The lowest BCUT2D eigenvalue weighted by Crippen LogP contribution is -2.20. The molecular weight excluding hydrogens is 222 g/mol. The maximum Gasteiger partial charge on any atom is 0.255 e. The summed E-state index contributed by atoms with van der Waals surface area (Å²) in [6.07, 6.45) is 0. The Morgan fingerprint density at radius 1 is 1.50 bits per heavy atom. The van der Waals surface area contributed by atoms with Crippen molar-refractivity contribution in [3.05, 3.63) is 28.7 Å². The van der Waals surface area contributed by atoms with Gasteiger partial charge >= 0.3 is 0 Å². The third kappa shape index (κ3) is 2.54. The van der Waals surface area contributed by atoms with Gasteiger partial charge in [-0.25, -0.2) is 0 Å². The van der Waals surface area contributed by atoms with Gasteiger partial charge < -0.3 is 10.5 Å². The van der Waals surface area contributed by atoms with E-state index in [-0.39, 0.29) is 6.61 Å². The number of para-hydroxylation sites is 1. The molecule has 0 bridgehead atoms. The van der Waals surface area contributed by atoms with Crippen LogP contribution in [-0.4, -0.2) is 12.5 Å². The summed E-state index contributed by atoms with van der Waals surface area (Å²) >= 11 is 3.27. The standard InChI is InChI=1S/C8H8BrNO2/c9-6-3-1-2-4-7(6)12-5-8(10)11/h1-4H,5H2,(H2,10,11). The number of carbonyl (C=O) groups is 1. The van der Waals surface area contributed by atoms with Crippen molar-refractivity contribution in [1.82, 2.24) is 0 Å². The van der Waals surface area contributed by atoms with Gasteiger partial charge in [-0.15, -0.1) is 0 Å². The van der Waals surface area contributed by atoms with E-state index in [0.717, 1.165) is 4.47 Å². The van der Waals surface area contributed by atoms with Crippen LogP contribution in [0.5, 0.6) is 5.75 Å². The number of primary amides is 1. The van der Waals surface area contributed by atoms with E-state index in [9.17, 15) is 4.79 Å². The minimum Gasteiger partial charge on any atom is -0.483 e. The zero-order valence-electron chi connectivity index (χ0n) is 6.29. The Morgan fingerprint density at radius 2 is 2.17 bits per heavy atom. The van der Waals surface area contributed by atoms with E-state index in [2.05, 4.69) is 15.9 Å². The number of hydrogen-bond donors (Lipinski definition) is 1. The summed E-state index contributed by atoms with van der Waals surface area (Å²) in [6, 6.07) is 7.27. The molecule has 0 saturated carbocycles. The highest BCUT2D eigenvalue weighted by molar-refractivity contribution is 9.10. The number of amides is 1. The third-order valence-electron chi connectivity index (χ3n) is 1.21. The van der Waals surface area contributed by atoms with Crippen LogP contribution in [0, 0.1) is 0 Å². The van der Waals surface area contributed by atoms with Gasteiger partial charge in [0, 0.05) is 0 Å². The molecule has 2 N–H and O–H groups in total. The van der Waals surface area contributed by atoms with Crippen molar-refractivity contribution < 1.29 is 9.53 Å². The van der Waals surface area contributed by atoms with E-state index in [0.29, 0.717) is 5.75 Å². The monoisotopic (exact) mass is 229 g/mol. The summed E-state index contributed by atoms with van der Waals surface area (Å²) in [7, 11) is 0. The molecule has 0 aliphatic rings. The SMILES string of the molecule is NC(=O)COc1ccccc1Br. The normalized spacial score (nSPS) is 9.42. The van der Waals surface area contributed by atoms with Crippen LogP contribution >= 0.6 is 15.9 Å². The van der Waals surface area contributed by atoms with Crippen molar-refractivity contribution in [3.63, 3.8) is 0 Å². The topological polar surface area (TPSA) is 52.3 Å². The fourth-order valence-corrected chi connectivity index (χ4v) is 1.11. The predicted octanol–water partition coefficient (Wildman–Crippen LogP) is 1.31. The van der Waals surface area contributed by atoms with Crippen LogP contribution < -0.4 is 10.5 Å². The highest BCUT2D eigenvalue weighted by Gasteiger charge is 2.00. The van der Waals surface area contributed by atoms with Crippen molar-refractivity contribution in [2.45, 2.75) is 0 Å². The molecule has 0 aliphatic heterocycles. The first-order chi connectivity index (χ1) is 5.70. The Kier molecular flexibility index (Phi) is 3.10. The quantitative estimate of drug-likeness (QED) is 0.851. The number of nitrogens with two attached hydrogens (primary N) is 1. The molecule has 4 heteroatoms. The second kappa shape index (κ2) is 4.11. The van der Waals surface area contributed by atoms with Crippen LogP contribution in [0.1, 0.15) is 0 Å². The summed E-state index contributed by atoms with van der Waals surface area (Å²) in [5.74, 6) is 0.141. The lowest BCUT2D eigenvalue weighted by atomic mass is 10.3. The number of rotatable bonds is 3. The Balaban J connectivity index is 2.63. The van der Waals surface area contributed by atoms with Gasteiger partial charge in [-0.05, 0) is 28.1 Å². The Hall–Kier alpha value is -1.03. The van der Waals surface area contributed by atoms with E-state index in [1.54, 1.807) is 6.07 Å². The highest BCUT2D eigenvalue weighted by Crippen LogP contribution is 2.23. The molecule has 0 aromatic heterocycles. The first kappa shape index (κ1) is 9.06. The zero-order valence-corrected chi connectivity index (χ0v) is 7.87. The first-order valence-electron chi connectivity index (χ1n) is 3.36. The van der Waals surface area contributed by atoms with Crippen LogP contribution in [0.4, 0.5) is 0 Å². The molecule has 0 atom stereocenters. The Bertz CT molecular complexity index is 288. The van der Waals surface area contributed by atoms with Gasteiger partial charge in [0.25, 0.3) is 5.91 Å². The predicted molar refractivity (Wildman–Crippen MR) is 48.8 cm³/mol. The number of benzene rings is 1. The second-order valence-electron chi connectivity index (χ2n) is 2.19. The number of hydrogen-bond acceptors (Lipinski definition) is 2. The minimum atomic E-state index is -0.481. The molecule has 12 heavy (non-hydrogen) atoms. The summed E-state index contributed by atoms with van der Waals surface area (Å²) in [5.41, 5.74) is 4.91. The molecule has 1 amide bonds. The fraction of sp³-hybridized carbons (Fsp3) is 0.125. The average Bonchev–Trinajstić information content (AvgIpc) is 2.03. The molecule has 0 unspecified atom stereocenters. The van der Waals surface area contributed by atoms with E-state index >= 15 is 0 Å². The van der Waals surface area contributed by atoms with Gasteiger partial charge in [0.2, 0.25) is 0 Å². The number of carbonyl (C=O) groups excluding carboxylic acids is 1. The molecule has 1 aromatic carbocycles. The van der Waals surface area contributed by atoms with Crippen molar-refractivity contribution in [3.8, 4) is 5.75 Å². The lowest BCUT2D eigenvalue weighted by Gasteiger charge is -2.04. The molecule has 64 valence electrons. The maximum absolute atomic E-state index is 10.4. The van der Waals surface area contributed by atoms with Crippen molar-refractivity contribution in [2.24, 2.45) is 5.73 Å². The second-order valence-corrected chi connectivity index (χ2v) is 3.04. The van der Waals surface area contributed by atoms with Gasteiger partial charge in [-0.2, -0.15) is 0 Å². The van der Waals surface area contributed by atoms with Gasteiger partial charge in [0.05, 0.1) is 4.47 Å². The maximum atomic E-state index is 10.4. The molecule has 1 rings (SSSR count). The molecule has 0 spiro atoms. The molecule has 0 fully saturated rings. The van der Waals surface area contributed by atoms with E-state index in [1.807, 2.05) is 18.2 Å². The van der Waals surface area contributed by atoms with Gasteiger partial charge in [-0.3, -0.25) is 4.79 Å². The number of ether oxygens (including phenoxy) is 1. The van der Waals surface area contributed by atoms with Crippen molar-refractivity contribution >= 4 is 21.8 Å². The van der Waals surface area contributed by atoms with Crippen LogP contribution in [0.2, 0.25) is 0 Å². The number of halogens is 1. The van der Waals surface area contributed by atoms with Gasteiger partial charge in [-0.1, -0.05) is 12.1 Å². The van der Waals surface area contributed by atoms with Gasteiger partial charge in [0.1, 0.15) is 5.75 Å². The summed E-state index contributed by atoms with van der Waals surface area (Å²) in [5, 5.41) is 0. The molecule has 0 heterocycles. The Labute approximate surface area is 78.6 Å². The summed E-state index contributed by atoms with van der Waals surface area (Å²) in [6.45, 7) is -0.0946. The first-order valence-corrected chi connectivity index (χ1v) is 4.15. The van der Waals surface area contributed by atoms with Crippen LogP contribution in [0.25, 0.3) is 0 Å². The third-order valence-corrected chi connectivity index (χ3v) is 1.86. The summed E-state index contributed by atoms with van der Waals surface area (Å²) in [4.78, 5) is 10.4. The molecule has 3 nitrogen and oxygen atoms in total. The Morgan fingerprint density at radius 3 is 2.75 bits per heavy atom. The van der Waals surface area contributed by atoms with E-state index in [1.165, 1.54) is 0 Å². The van der Waals surface area contributed by atoms with E-state index < -0.39 is 5.91 Å². The highest BCUT2D eigenvalue weighted by atomic mass is 79.9. The molecule has 0 radical (unpaired) electrons. The average molecular weight is 230 g/mol. The largest absolute Gasteiger partial charge is 0.483 e. The zero-order chi connectivity index (χ0) is 8.97. The summed E-state index contributed by atoms with van der Waals surface area (Å²) < 4.78 is 5.89. The van der Waals surface area contributed by atoms with Crippen molar-refractivity contribution in [1.29, 1.82) is 0 Å². The lowest BCUT2D eigenvalue weighted by molar-refractivity contribution is -0.119. The molecule has 1 aromatic rings. The smallest absolute Gasteiger partial charge is 0.255 e. The van der Waals surface area contributed by atoms with E-state index in [4.69, 9.17) is 10.5 Å². The van der Waals surface area contributed by atoms with Crippen LogP contribution in [0.3, 0.4) is 0 Å². The molecular formula is C8H8BrNO2. The van der Waals surface area contributed by atoms with Gasteiger partial charge in [0.15, 0.2) is 6.61 Å². The van der Waals surface area contributed by atoms with Crippen molar-refractivity contribution in [2.75, 3.05) is 6.61 Å². The minimum absolute atomic E-state index is 0.0946. The van der Waals surface area contributed by atoms with Crippen LogP contribution in [0.15, 0.2) is 28.7 Å². The fourth-order valence-electron chi connectivity index (χ4n) is 0.711.